The maximum atomic E-state index is 10.6. The Morgan fingerprint density at radius 2 is 1.50 bits per heavy atom. The van der Waals surface area contributed by atoms with Gasteiger partial charge in [0, 0.05) is 23.6 Å². The van der Waals surface area contributed by atoms with Crippen LogP contribution in [0.1, 0.15) is 30.4 Å². The Morgan fingerprint density at radius 1 is 0.955 bits per heavy atom. The van der Waals surface area contributed by atoms with E-state index in [0.29, 0.717) is 6.42 Å². The molecule has 0 unspecified atom stereocenters. The molecular formula is C17H26ClNO3. The molecule has 2 aliphatic rings. The molecule has 1 saturated heterocycles. The zero-order chi connectivity index (χ0) is 14.8. The van der Waals surface area contributed by atoms with E-state index in [9.17, 15) is 5.11 Å². The molecule has 3 rings (SSSR count). The summed E-state index contributed by atoms with van der Waals surface area (Å²) in [4.78, 5) is 2.45. The van der Waals surface area contributed by atoms with Crippen molar-refractivity contribution >= 4 is 12.4 Å². The lowest BCUT2D eigenvalue weighted by Crippen LogP contribution is -2.50. The molecule has 1 aromatic rings. The van der Waals surface area contributed by atoms with E-state index in [1.165, 1.54) is 24.8 Å². The first-order chi connectivity index (χ1) is 10.2. The highest BCUT2D eigenvalue weighted by atomic mass is 35.5. The molecule has 1 N–H and O–H groups in total. The Labute approximate surface area is 138 Å². The van der Waals surface area contributed by atoms with Crippen LogP contribution in [0.25, 0.3) is 0 Å². The number of aliphatic hydroxyl groups excluding tert-OH is 1. The third kappa shape index (κ3) is 3.19. The lowest BCUT2D eigenvalue weighted by Gasteiger charge is -2.40. The van der Waals surface area contributed by atoms with E-state index in [1.807, 2.05) is 12.1 Å². The van der Waals surface area contributed by atoms with Crippen LogP contribution in [0.3, 0.4) is 0 Å². The van der Waals surface area contributed by atoms with Crippen LogP contribution >= 0.6 is 12.4 Å². The van der Waals surface area contributed by atoms with Gasteiger partial charge < -0.3 is 14.6 Å². The SMILES string of the molecule is COc1ccc(OC)c2c1C[C@H](O)[C@@H](N1CCCCC1)C2.Cl. The lowest BCUT2D eigenvalue weighted by molar-refractivity contribution is 0.0316. The Hall–Kier alpha value is -0.970. The molecule has 1 fully saturated rings. The molecule has 0 radical (unpaired) electrons. The molecule has 0 aromatic heterocycles. The van der Waals surface area contributed by atoms with Gasteiger partial charge in [0.25, 0.3) is 0 Å². The number of rotatable bonds is 3. The van der Waals surface area contributed by atoms with Gasteiger partial charge in [-0.15, -0.1) is 12.4 Å². The smallest absolute Gasteiger partial charge is 0.122 e. The van der Waals surface area contributed by atoms with Gasteiger partial charge >= 0.3 is 0 Å². The second-order valence-corrected chi connectivity index (χ2v) is 6.07. The van der Waals surface area contributed by atoms with Gasteiger partial charge in [0.05, 0.1) is 20.3 Å². The van der Waals surface area contributed by atoms with Crippen LogP contribution < -0.4 is 9.47 Å². The standard InChI is InChI=1S/C17H25NO3.ClH/c1-20-16-6-7-17(21-2)13-11-15(19)14(10-12(13)16)18-8-4-3-5-9-18;/h6-7,14-15,19H,3-5,8-11H2,1-2H3;1H/t14-,15-;/m0./s1. The number of hydrogen-bond donors (Lipinski definition) is 1. The minimum Gasteiger partial charge on any atom is -0.496 e. The second kappa shape index (κ2) is 7.53. The van der Waals surface area contributed by atoms with Crippen molar-refractivity contribution in [2.75, 3.05) is 27.3 Å². The fraction of sp³-hybridized carbons (Fsp3) is 0.647. The Bertz CT molecular complexity index is 503. The number of fused-ring (bicyclic) bond motifs is 1. The molecule has 2 atom stereocenters. The van der Waals surface area contributed by atoms with Crippen LogP contribution in [-0.2, 0) is 12.8 Å². The number of nitrogens with zero attached hydrogens (tertiary/aromatic N) is 1. The first-order valence-corrected chi connectivity index (χ1v) is 7.89. The van der Waals surface area contributed by atoms with Gasteiger partial charge in [0.15, 0.2) is 0 Å². The molecule has 0 bridgehead atoms. The summed E-state index contributed by atoms with van der Waals surface area (Å²) in [6, 6.07) is 4.12. The fourth-order valence-electron chi connectivity index (χ4n) is 3.79. The average Bonchev–Trinajstić information content (AvgIpc) is 2.54. The van der Waals surface area contributed by atoms with Crippen LogP contribution in [0, 0.1) is 0 Å². The Kier molecular flexibility index (Phi) is 5.95. The topological polar surface area (TPSA) is 41.9 Å². The maximum absolute atomic E-state index is 10.6. The summed E-state index contributed by atoms with van der Waals surface area (Å²) in [7, 11) is 3.40. The summed E-state index contributed by atoms with van der Waals surface area (Å²) >= 11 is 0. The van der Waals surface area contributed by atoms with E-state index in [1.54, 1.807) is 14.2 Å². The van der Waals surface area contributed by atoms with Crippen molar-refractivity contribution in [1.29, 1.82) is 0 Å². The number of piperidine rings is 1. The molecule has 124 valence electrons. The summed E-state index contributed by atoms with van der Waals surface area (Å²) in [5.41, 5.74) is 2.32. The largest absolute Gasteiger partial charge is 0.496 e. The van der Waals surface area contributed by atoms with Crippen molar-refractivity contribution in [3.8, 4) is 11.5 Å². The number of aliphatic hydroxyl groups is 1. The minimum absolute atomic E-state index is 0. The zero-order valence-corrected chi connectivity index (χ0v) is 14.2. The van der Waals surface area contributed by atoms with E-state index >= 15 is 0 Å². The first-order valence-electron chi connectivity index (χ1n) is 7.89. The monoisotopic (exact) mass is 327 g/mol. The number of halogens is 1. The van der Waals surface area contributed by atoms with Gasteiger partial charge in [0.1, 0.15) is 11.5 Å². The number of hydrogen-bond acceptors (Lipinski definition) is 4. The third-order valence-electron chi connectivity index (χ3n) is 4.92. The molecule has 1 aliphatic heterocycles. The summed E-state index contributed by atoms with van der Waals surface area (Å²) in [5.74, 6) is 1.78. The summed E-state index contributed by atoms with van der Waals surface area (Å²) in [6.45, 7) is 2.20. The summed E-state index contributed by atoms with van der Waals surface area (Å²) in [5, 5.41) is 10.6. The molecule has 4 nitrogen and oxygen atoms in total. The van der Waals surface area contributed by atoms with Gasteiger partial charge in [-0.3, -0.25) is 4.90 Å². The van der Waals surface area contributed by atoms with E-state index < -0.39 is 0 Å². The predicted molar refractivity (Wildman–Crippen MR) is 89.4 cm³/mol. The number of ether oxygens (including phenoxy) is 2. The van der Waals surface area contributed by atoms with Crippen LogP contribution in [0.5, 0.6) is 11.5 Å². The zero-order valence-electron chi connectivity index (χ0n) is 13.4. The normalized spacial score (nSPS) is 25.0. The number of methoxy groups -OCH3 is 2. The van der Waals surface area contributed by atoms with E-state index in [-0.39, 0.29) is 24.6 Å². The van der Waals surface area contributed by atoms with Crippen LogP contribution in [0.4, 0.5) is 0 Å². The molecule has 1 heterocycles. The van der Waals surface area contributed by atoms with Crippen LogP contribution in [-0.4, -0.2) is 49.5 Å². The van der Waals surface area contributed by atoms with E-state index in [2.05, 4.69) is 4.90 Å². The number of likely N-dealkylation sites (tertiary alicyclic amines) is 1. The molecule has 0 amide bonds. The van der Waals surface area contributed by atoms with Crippen molar-refractivity contribution in [2.24, 2.45) is 0 Å². The molecular weight excluding hydrogens is 302 g/mol. The highest BCUT2D eigenvalue weighted by Gasteiger charge is 2.35. The van der Waals surface area contributed by atoms with Crippen molar-refractivity contribution in [3.63, 3.8) is 0 Å². The first kappa shape index (κ1) is 17.4. The van der Waals surface area contributed by atoms with Gasteiger partial charge in [-0.2, -0.15) is 0 Å². The van der Waals surface area contributed by atoms with Crippen LogP contribution in [0.2, 0.25) is 0 Å². The highest BCUT2D eigenvalue weighted by Crippen LogP contribution is 2.37. The van der Waals surface area contributed by atoms with Gasteiger partial charge in [0.2, 0.25) is 0 Å². The molecule has 1 aromatic carbocycles. The highest BCUT2D eigenvalue weighted by molar-refractivity contribution is 5.85. The van der Waals surface area contributed by atoms with Gasteiger partial charge in [-0.05, 0) is 44.5 Å². The molecule has 22 heavy (non-hydrogen) atoms. The quantitative estimate of drug-likeness (QED) is 0.926. The van der Waals surface area contributed by atoms with Crippen molar-refractivity contribution in [3.05, 3.63) is 23.3 Å². The van der Waals surface area contributed by atoms with Crippen molar-refractivity contribution in [2.45, 2.75) is 44.2 Å². The summed E-state index contributed by atoms with van der Waals surface area (Å²) < 4.78 is 11.0. The Balaban J connectivity index is 0.00000176. The van der Waals surface area contributed by atoms with Crippen LogP contribution in [0.15, 0.2) is 12.1 Å². The predicted octanol–water partition coefficient (Wildman–Crippen LogP) is 2.44. The third-order valence-corrected chi connectivity index (χ3v) is 4.92. The molecule has 0 spiro atoms. The second-order valence-electron chi connectivity index (χ2n) is 6.07. The van der Waals surface area contributed by atoms with Gasteiger partial charge in [-0.25, -0.2) is 0 Å². The van der Waals surface area contributed by atoms with Crippen molar-refractivity contribution < 1.29 is 14.6 Å². The number of benzene rings is 1. The summed E-state index contributed by atoms with van der Waals surface area (Å²) in [6.07, 6.45) is 4.97. The molecule has 0 saturated carbocycles. The lowest BCUT2D eigenvalue weighted by atomic mass is 9.83. The minimum atomic E-state index is -0.323. The average molecular weight is 328 g/mol. The molecule has 1 aliphatic carbocycles. The van der Waals surface area contributed by atoms with E-state index in [0.717, 1.165) is 36.6 Å². The molecule has 5 heteroatoms. The fourth-order valence-corrected chi connectivity index (χ4v) is 3.79. The van der Waals surface area contributed by atoms with Gasteiger partial charge in [-0.1, -0.05) is 6.42 Å². The van der Waals surface area contributed by atoms with E-state index in [4.69, 9.17) is 9.47 Å². The maximum Gasteiger partial charge on any atom is 0.122 e. The Morgan fingerprint density at radius 3 is 2.05 bits per heavy atom. The van der Waals surface area contributed by atoms with Crippen molar-refractivity contribution in [1.82, 2.24) is 4.90 Å².